The number of rotatable bonds is 2. The maximum absolute atomic E-state index is 5.01. The summed E-state index contributed by atoms with van der Waals surface area (Å²) in [6.07, 6.45) is 1.60. The molecule has 0 aliphatic carbocycles. The number of hydrogen-bond acceptors (Lipinski definition) is 4. The first-order valence-corrected chi connectivity index (χ1v) is 2.70. The highest BCUT2D eigenvalue weighted by molar-refractivity contribution is 5.68. The minimum absolute atomic E-state index is 0.583. The molecule has 1 aliphatic rings. The Bertz CT molecular complexity index is 120. The van der Waals surface area contributed by atoms with E-state index in [-0.39, 0.29) is 0 Å². The Labute approximate surface area is 53.8 Å². The first kappa shape index (κ1) is 6.51. The molecule has 1 rings (SSSR count). The van der Waals surface area contributed by atoms with Gasteiger partial charge in [-0.2, -0.15) is 5.10 Å². The molecule has 0 amide bonds. The van der Waals surface area contributed by atoms with Gasteiger partial charge in [-0.1, -0.05) is 0 Å². The van der Waals surface area contributed by atoms with Crippen molar-refractivity contribution >= 4 is 6.21 Å². The summed E-state index contributed by atoms with van der Waals surface area (Å²) < 4.78 is 10.0. The molecule has 0 aromatic rings. The number of nitrogens with zero attached hydrogens (tertiary/aromatic N) is 1. The van der Waals surface area contributed by atoms with E-state index in [0.29, 0.717) is 6.54 Å². The van der Waals surface area contributed by atoms with Crippen molar-refractivity contribution < 1.29 is 9.47 Å². The summed E-state index contributed by atoms with van der Waals surface area (Å²) in [6.45, 7) is 0.583. The average molecular weight is 130 g/mol. The van der Waals surface area contributed by atoms with Crippen molar-refractivity contribution in [1.82, 2.24) is 5.43 Å². The maximum Gasteiger partial charge on any atom is 0.226 e. The van der Waals surface area contributed by atoms with Crippen LogP contribution in [0.25, 0.3) is 0 Å². The number of hydrazone groups is 1. The third-order valence-corrected chi connectivity index (χ3v) is 1.37. The van der Waals surface area contributed by atoms with Gasteiger partial charge in [0, 0.05) is 14.2 Å². The zero-order valence-electron chi connectivity index (χ0n) is 5.55. The van der Waals surface area contributed by atoms with Gasteiger partial charge in [-0.3, -0.25) is 0 Å². The molecule has 0 atom stereocenters. The van der Waals surface area contributed by atoms with E-state index in [2.05, 4.69) is 10.5 Å². The van der Waals surface area contributed by atoms with Gasteiger partial charge in [0.05, 0.1) is 12.8 Å². The molecule has 0 unspecified atom stereocenters. The van der Waals surface area contributed by atoms with Crippen molar-refractivity contribution in [3.63, 3.8) is 0 Å². The first-order chi connectivity index (χ1) is 4.33. The molecular formula is C5H10N2O2. The normalized spacial score (nSPS) is 22.0. The summed E-state index contributed by atoms with van der Waals surface area (Å²) in [4.78, 5) is 0. The predicted molar refractivity (Wildman–Crippen MR) is 33.2 cm³/mol. The number of ether oxygens (including phenoxy) is 2. The Morgan fingerprint density at radius 2 is 2.22 bits per heavy atom. The summed E-state index contributed by atoms with van der Waals surface area (Å²) in [6, 6.07) is 0. The number of methoxy groups -OCH3 is 2. The molecule has 0 aromatic heterocycles. The minimum atomic E-state index is -0.625. The molecule has 1 heterocycles. The van der Waals surface area contributed by atoms with E-state index in [1.54, 1.807) is 20.4 Å². The van der Waals surface area contributed by atoms with Crippen LogP contribution in [-0.2, 0) is 9.47 Å². The second-order valence-corrected chi connectivity index (χ2v) is 1.81. The minimum Gasteiger partial charge on any atom is -0.347 e. The van der Waals surface area contributed by atoms with Crippen molar-refractivity contribution in [3.8, 4) is 0 Å². The summed E-state index contributed by atoms with van der Waals surface area (Å²) in [7, 11) is 3.17. The molecular weight excluding hydrogens is 120 g/mol. The third-order valence-electron chi connectivity index (χ3n) is 1.37. The molecule has 1 aliphatic heterocycles. The Hall–Kier alpha value is -0.610. The predicted octanol–water partition coefficient (Wildman–Crippen LogP) is -0.436. The van der Waals surface area contributed by atoms with Crippen LogP contribution < -0.4 is 5.43 Å². The van der Waals surface area contributed by atoms with E-state index < -0.39 is 5.79 Å². The quantitative estimate of drug-likeness (QED) is 0.515. The molecule has 0 radical (unpaired) electrons. The Morgan fingerprint density at radius 3 is 2.44 bits per heavy atom. The van der Waals surface area contributed by atoms with Crippen LogP contribution in [0.1, 0.15) is 0 Å². The molecule has 0 saturated heterocycles. The van der Waals surface area contributed by atoms with Gasteiger partial charge in [-0.05, 0) is 0 Å². The number of hydrogen-bond donors (Lipinski definition) is 1. The first-order valence-electron chi connectivity index (χ1n) is 2.70. The maximum atomic E-state index is 5.01. The molecule has 0 bridgehead atoms. The molecule has 1 N–H and O–H groups in total. The SMILES string of the molecule is COC1(OC)C=NNC1. The second-order valence-electron chi connectivity index (χ2n) is 1.81. The zero-order chi connectivity index (χ0) is 6.74. The second kappa shape index (κ2) is 2.33. The Kier molecular flexibility index (Phi) is 1.68. The van der Waals surface area contributed by atoms with Crippen LogP contribution in [0.3, 0.4) is 0 Å². The highest BCUT2D eigenvalue weighted by Crippen LogP contribution is 2.09. The van der Waals surface area contributed by atoms with E-state index in [0.717, 1.165) is 0 Å². The summed E-state index contributed by atoms with van der Waals surface area (Å²) in [5.74, 6) is -0.625. The van der Waals surface area contributed by atoms with Crippen LogP contribution in [0.4, 0.5) is 0 Å². The molecule has 52 valence electrons. The van der Waals surface area contributed by atoms with Gasteiger partial charge >= 0.3 is 0 Å². The third kappa shape index (κ3) is 1.04. The Balaban J connectivity index is 2.57. The van der Waals surface area contributed by atoms with E-state index in [1.165, 1.54) is 0 Å². The van der Waals surface area contributed by atoms with Crippen molar-refractivity contribution in [2.24, 2.45) is 5.10 Å². The largest absolute Gasteiger partial charge is 0.347 e. The highest BCUT2D eigenvalue weighted by Gasteiger charge is 2.30. The van der Waals surface area contributed by atoms with Gasteiger partial charge in [0.15, 0.2) is 0 Å². The topological polar surface area (TPSA) is 42.9 Å². The monoisotopic (exact) mass is 130 g/mol. The van der Waals surface area contributed by atoms with Gasteiger partial charge in [-0.25, -0.2) is 0 Å². The van der Waals surface area contributed by atoms with Gasteiger partial charge in [0.25, 0.3) is 0 Å². The van der Waals surface area contributed by atoms with Crippen LogP contribution in [0.2, 0.25) is 0 Å². The zero-order valence-corrected chi connectivity index (χ0v) is 5.55. The van der Waals surface area contributed by atoms with Crippen LogP contribution in [-0.4, -0.2) is 32.8 Å². The van der Waals surface area contributed by atoms with Gasteiger partial charge < -0.3 is 14.9 Å². The summed E-state index contributed by atoms with van der Waals surface area (Å²) in [5.41, 5.74) is 2.73. The van der Waals surface area contributed by atoms with Crippen LogP contribution in [0.5, 0.6) is 0 Å². The van der Waals surface area contributed by atoms with Crippen LogP contribution in [0.15, 0.2) is 5.10 Å². The molecule has 0 aromatic carbocycles. The lowest BCUT2D eigenvalue weighted by Crippen LogP contribution is -2.39. The fraction of sp³-hybridized carbons (Fsp3) is 0.800. The number of nitrogens with one attached hydrogen (secondary N) is 1. The fourth-order valence-corrected chi connectivity index (χ4v) is 0.679. The van der Waals surface area contributed by atoms with E-state index in [9.17, 15) is 0 Å². The molecule has 9 heavy (non-hydrogen) atoms. The smallest absolute Gasteiger partial charge is 0.226 e. The molecule has 0 saturated carbocycles. The fourth-order valence-electron chi connectivity index (χ4n) is 0.679. The summed E-state index contributed by atoms with van der Waals surface area (Å²) >= 11 is 0. The van der Waals surface area contributed by atoms with Crippen molar-refractivity contribution in [1.29, 1.82) is 0 Å². The standard InChI is InChI=1S/C5H10N2O2/c1-8-5(9-2)3-6-7-4-5/h3,7H,4H2,1-2H3. The van der Waals surface area contributed by atoms with E-state index in [4.69, 9.17) is 9.47 Å². The molecule has 0 spiro atoms. The van der Waals surface area contributed by atoms with Crippen molar-refractivity contribution in [2.45, 2.75) is 5.79 Å². The Morgan fingerprint density at radius 1 is 1.56 bits per heavy atom. The van der Waals surface area contributed by atoms with Gasteiger partial charge in [0.1, 0.15) is 0 Å². The van der Waals surface area contributed by atoms with Gasteiger partial charge in [-0.15, -0.1) is 0 Å². The molecule has 0 fully saturated rings. The highest BCUT2D eigenvalue weighted by atomic mass is 16.7. The van der Waals surface area contributed by atoms with Crippen molar-refractivity contribution in [2.75, 3.05) is 20.8 Å². The van der Waals surface area contributed by atoms with E-state index >= 15 is 0 Å². The van der Waals surface area contributed by atoms with Crippen LogP contribution >= 0.6 is 0 Å². The lowest BCUT2D eigenvalue weighted by Gasteiger charge is -2.20. The van der Waals surface area contributed by atoms with E-state index in [1.807, 2.05) is 0 Å². The van der Waals surface area contributed by atoms with Crippen LogP contribution in [0, 0.1) is 0 Å². The lowest BCUT2D eigenvalue weighted by molar-refractivity contribution is -0.140. The lowest BCUT2D eigenvalue weighted by atomic mass is 10.3. The molecule has 4 heteroatoms. The van der Waals surface area contributed by atoms with Crippen molar-refractivity contribution in [3.05, 3.63) is 0 Å². The van der Waals surface area contributed by atoms with Gasteiger partial charge in [0.2, 0.25) is 5.79 Å². The average Bonchev–Trinajstić information content (AvgIpc) is 2.36. The summed E-state index contributed by atoms with van der Waals surface area (Å²) in [5, 5.41) is 3.75. The molecule has 4 nitrogen and oxygen atoms in total.